The molecule has 0 radical (unpaired) electrons. The highest BCUT2D eigenvalue weighted by molar-refractivity contribution is 5.62. The number of hydrogen-bond donors (Lipinski definition) is 1. The summed E-state index contributed by atoms with van der Waals surface area (Å²) < 4.78 is 0. The molecule has 1 saturated heterocycles. The SMILES string of the molecule is Cc1cc(N2C[C@H](C)C[C@@H](C)C2)cc(C)c1N. The highest BCUT2D eigenvalue weighted by Gasteiger charge is 2.22. The van der Waals surface area contributed by atoms with Crippen LogP contribution in [0.25, 0.3) is 0 Å². The van der Waals surface area contributed by atoms with Gasteiger partial charge in [-0.2, -0.15) is 0 Å². The Hall–Kier alpha value is -1.18. The second-order valence-electron chi connectivity index (χ2n) is 5.84. The number of nitrogens with zero attached hydrogens (tertiary/aromatic N) is 1. The van der Waals surface area contributed by atoms with Crippen LogP contribution < -0.4 is 10.6 Å². The van der Waals surface area contributed by atoms with E-state index in [2.05, 4.69) is 44.7 Å². The zero-order valence-electron chi connectivity index (χ0n) is 11.5. The van der Waals surface area contributed by atoms with Gasteiger partial charge in [-0.25, -0.2) is 0 Å². The molecule has 1 aromatic carbocycles. The van der Waals surface area contributed by atoms with Gasteiger partial charge >= 0.3 is 0 Å². The first-order valence-corrected chi connectivity index (χ1v) is 6.59. The van der Waals surface area contributed by atoms with Gasteiger partial charge in [0.15, 0.2) is 0 Å². The Bertz CT molecular complexity index is 378. The maximum absolute atomic E-state index is 6.02. The standard InChI is InChI=1S/C15H24N2/c1-10-5-11(2)9-17(8-10)14-6-12(3)15(16)13(4)7-14/h6-7,10-11H,5,8-9,16H2,1-4H3/t10-,11-/m1/s1. The third kappa shape index (κ3) is 2.56. The molecule has 2 nitrogen and oxygen atoms in total. The Morgan fingerprint density at radius 1 is 1.06 bits per heavy atom. The summed E-state index contributed by atoms with van der Waals surface area (Å²) in [5.74, 6) is 1.58. The lowest BCUT2D eigenvalue weighted by atomic mass is 9.91. The van der Waals surface area contributed by atoms with Crippen LogP contribution in [0.2, 0.25) is 0 Å². The van der Waals surface area contributed by atoms with Crippen molar-refractivity contribution in [3.05, 3.63) is 23.3 Å². The average Bonchev–Trinajstić information content (AvgIpc) is 2.23. The molecule has 0 amide bonds. The van der Waals surface area contributed by atoms with Crippen molar-refractivity contribution in [3.8, 4) is 0 Å². The third-order valence-electron chi connectivity index (χ3n) is 3.81. The van der Waals surface area contributed by atoms with Crippen LogP contribution in [-0.4, -0.2) is 13.1 Å². The molecule has 17 heavy (non-hydrogen) atoms. The Morgan fingerprint density at radius 2 is 1.53 bits per heavy atom. The van der Waals surface area contributed by atoms with Gasteiger partial charge in [-0.05, 0) is 55.4 Å². The van der Waals surface area contributed by atoms with Gasteiger partial charge in [-0.15, -0.1) is 0 Å². The van der Waals surface area contributed by atoms with E-state index in [1.54, 1.807) is 0 Å². The summed E-state index contributed by atoms with van der Waals surface area (Å²) in [5.41, 5.74) is 10.7. The van der Waals surface area contributed by atoms with Gasteiger partial charge in [0, 0.05) is 24.5 Å². The lowest BCUT2D eigenvalue weighted by molar-refractivity contribution is 0.357. The quantitative estimate of drug-likeness (QED) is 0.752. The van der Waals surface area contributed by atoms with Crippen LogP contribution >= 0.6 is 0 Å². The maximum atomic E-state index is 6.02. The van der Waals surface area contributed by atoms with Crippen LogP contribution in [0.15, 0.2) is 12.1 Å². The minimum absolute atomic E-state index is 0.789. The maximum Gasteiger partial charge on any atom is 0.0374 e. The number of piperidine rings is 1. The minimum Gasteiger partial charge on any atom is -0.398 e. The first kappa shape index (κ1) is 12.3. The van der Waals surface area contributed by atoms with Crippen molar-refractivity contribution < 1.29 is 0 Å². The molecular weight excluding hydrogens is 208 g/mol. The van der Waals surface area contributed by atoms with Gasteiger partial charge < -0.3 is 10.6 Å². The lowest BCUT2D eigenvalue weighted by Crippen LogP contribution is -2.38. The van der Waals surface area contributed by atoms with E-state index in [0.717, 1.165) is 17.5 Å². The fourth-order valence-electron chi connectivity index (χ4n) is 3.01. The number of nitrogens with two attached hydrogens (primary N) is 1. The van der Waals surface area contributed by atoms with Gasteiger partial charge in [0.2, 0.25) is 0 Å². The van der Waals surface area contributed by atoms with E-state index in [9.17, 15) is 0 Å². The Balaban J connectivity index is 2.27. The zero-order valence-corrected chi connectivity index (χ0v) is 11.5. The molecule has 0 spiro atoms. The van der Waals surface area contributed by atoms with Gasteiger partial charge in [0.1, 0.15) is 0 Å². The molecule has 0 aromatic heterocycles. The molecule has 0 saturated carbocycles. The highest BCUT2D eigenvalue weighted by atomic mass is 15.1. The van der Waals surface area contributed by atoms with Crippen molar-refractivity contribution in [1.82, 2.24) is 0 Å². The van der Waals surface area contributed by atoms with Crippen molar-refractivity contribution in [3.63, 3.8) is 0 Å². The van der Waals surface area contributed by atoms with Gasteiger partial charge in [0.25, 0.3) is 0 Å². The minimum atomic E-state index is 0.789. The van der Waals surface area contributed by atoms with E-state index in [-0.39, 0.29) is 0 Å². The molecule has 1 fully saturated rings. The molecule has 2 rings (SSSR count). The zero-order chi connectivity index (χ0) is 12.6. The Labute approximate surface area is 105 Å². The summed E-state index contributed by atoms with van der Waals surface area (Å²) >= 11 is 0. The lowest BCUT2D eigenvalue weighted by Gasteiger charge is -2.37. The molecule has 1 aliphatic rings. The number of anilines is 2. The fraction of sp³-hybridized carbons (Fsp3) is 0.600. The van der Waals surface area contributed by atoms with E-state index in [0.29, 0.717) is 0 Å². The van der Waals surface area contributed by atoms with Crippen molar-refractivity contribution in [2.45, 2.75) is 34.1 Å². The van der Waals surface area contributed by atoms with Gasteiger partial charge in [-0.1, -0.05) is 13.8 Å². The molecule has 1 aliphatic heterocycles. The molecule has 2 heteroatoms. The van der Waals surface area contributed by atoms with Crippen molar-refractivity contribution in [2.24, 2.45) is 11.8 Å². The number of hydrogen-bond acceptors (Lipinski definition) is 2. The van der Waals surface area contributed by atoms with Crippen LogP contribution in [-0.2, 0) is 0 Å². The molecule has 94 valence electrons. The predicted octanol–water partition coefficient (Wildman–Crippen LogP) is 3.37. The Kier molecular flexibility index (Phi) is 3.32. The van der Waals surface area contributed by atoms with E-state index >= 15 is 0 Å². The summed E-state index contributed by atoms with van der Waals surface area (Å²) in [6.07, 6.45) is 1.35. The molecular formula is C15H24N2. The van der Waals surface area contributed by atoms with E-state index in [1.807, 2.05) is 0 Å². The van der Waals surface area contributed by atoms with Crippen LogP contribution in [0, 0.1) is 25.7 Å². The summed E-state index contributed by atoms with van der Waals surface area (Å²) in [6.45, 7) is 11.2. The summed E-state index contributed by atoms with van der Waals surface area (Å²) in [4.78, 5) is 2.51. The van der Waals surface area contributed by atoms with Gasteiger partial charge in [0.05, 0.1) is 0 Å². The number of aryl methyl sites for hydroxylation is 2. The fourth-order valence-corrected chi connectivity index (χ4v) is 3.01. The molecule has 2 atom stereocenters. The number of nitrogen functional groups attached to an aromatic ring is 1. The normalized spacial score (nSPS) is 25.1. The molecule has 1 aromatic rings. The summed E-state index contributed by atoms with van der Waals surface area (Å²) in [5, 5.41) is 0. The molecule has 1 heterocycles. The topological polar surface area (TPSA) is 29.3 Å². The summed E-state index contributed by atoms with van der Waals surface area (Å²) in [6, 6.07) is 4.46. The van der Waals surface area contributed by atoms with Crippen molar-refractivity contribution >= 4 is 11.4 Å². The van der Waals surface area contributed by atoms with E-state index in [4.69, 9.17) is 5.73 Å². The third-order valence-corrected chi connectivity index (χ3v) is 3.81. The summed E-state index contributed by atoms with van der Waals surface area (Å²) in [7, 11) is 0. The number of benzene rings is 1. The van der Waals surface area contributed by atoms with Crippen LogP contribution in [0.1, 0.15) is 31.4 Å². The first-order valence-electron chi connectivity index (χ1n) is 6.59. The molecule has 2 N–H and O–H groups in total. The smallest absolute Gasteiger partial charge is 0.0374 e. The Morgan fingerprint density at radius 3 is 2.00 bits per heavy atom. The molecule has 0 aliphatic carbocycles. The monoisotopic (exact) mass is 232 g/mol. The second kappa shape index (κ2) is 4.59. The van der Waals surface area contributed by atoms with Crippen molar-refractivity contribution in [2.75, 3.05) is 23.7 Å². The predicted molar refractivity (Wildman–Crippen MR) is 75.5 cm³/mol. The first-order chi connectivity index (χ1) is 7.97. The second-order valence-corrected chi connectivity index (χ2v) is 5.84. The van der Waals surface area contributed by atoms with Crippen LogP contribution in [0.5, 0.6) is 0 Å². The number of rotatable bonds is 1. The molecule has 0 unspecified atom stereocenters. The average molecular weight is 232 g/mol. The largest absolute Gasteiger partial charge is 0.398 e. The molecule has 0 bridgehead atoms. The van der Waals surface area contributed by atoms with E-state index < -0.39 is 0 Å². The van der Waals surface area contributed by atoms with E-state index in [1.165, 1.54) is 36.3 Å². The van der Waals surface area contributed by atoms with Crippen LogP contribution in [0.4, 0.5) is 11.4 Å². The van der Waals surface area contributed by atoms with Gasteiger partial charge in [-0.3, -0.25) is 0 Å². The van der Waals surface area contributed by atoms with Crippen LogP contribution in [0.3, 0.4) is 0 Å². The van der Waals surface area contributed by atoms with Crippen molar-refractivity contribution in [1.29, 1.82) is 0 Å². The highest BCUT2D eigenvalue weighted by Crippen LogP contribution is 2.29.